The second kappa shape index (κ2) is 16.9. The highest BCUT2D eigenvalue weighted by Gasteiger charge is 2.31. The molecule has 0 aliphatic carbocycles. The third-order valence-electron chi connectivity index (χ3n) is 5.61. The molecule has 0 aliphatic rings. The van der Waals surface area contributed by atoms with Gasteiger partial charge >= 0.3 is 11.9 Å². The van der Waals surface area contributed by atoms with E-state index in [0.29, 0.717) is 5.56 Å². The number of carbonyl (C=O) groups is 6. The Morgan fingerprint density at radius 3 is 1.90 bits per heavy atom. The topological polar surface area (TPSA) is 316 Å². The summed E-state index contributed by atoms with van der Waals surface area (Å²) in [6, 6.07) is -0.00866. The quantitative estimate of drug-likeness (QED) is 0.0461. The highest BCUT2D eigenvalue weighted by molar-refractivity contribution is 5.96. The zero-order valence-corrected chi connectivity index (χ0v) is 22.1. The first kappa shape index (κ1) is 34.1. The monoisotopic (exact) mass is 580 g/mol. The maximum Gasteiger partial charge on any atom is 0.326 e. The molecular weight excluding hydrogens is 544 g/mol. The molecule has 1 aromatic rings. The SMILES string of the molecule is NC(=O)CC(NC(=O)C(N)CCC(=O)O)C(=O)NC(CCCN=C(N)N)C(=O)NC(Cc1ccc(O)cc1)C(=O)O. The molecule has 0 spiro atoms. The number of guanidine groups is 1. The maximum atomic E-state index is 13.1. The second-order valence-electron chi connectivity index (χ2n) is 9.05. The minimum Gasteiger partial charge on any atom is -0.508 e. The number of carbonyl (C=O) groups excluding carboxylic acids is 4. The average molecular weight is 581 g/mol. The standard InChI is InChI=1S/C24H36N8O9/c25-14(7-8-19(35)36)20(37)31-16(11-18(26)34)22(39)30-15(2-1-9-29-24(27)28)21(38)32-17(23(40)41)10-12-3-5-13(33)6-4-12/h3-6,14-17,33H,1-2,7-11,25H2,(H2,26,34)(H,30,39)(H,31,37)(H,32,38)(H,35,36)(H,40,41)(H4,27,28,29). The normalized spacial score (nSPS) is 13.5. The van der Waals surface area contributed by atoms with Gasteiger partial charge in [-0.1, -0.05) is 12.1 Å². The molecule has 4 atom stereocenters. The summed E-state index contributed by atoms with van der Waals surface area (Å²) in [7, 11) is 0. The summed E-state index contributed by atoms with van der Waals surface area (Å²) in [6.45, 7) is 0.0672. The molecule has 0 aliphatic heterocycles. The Hall–Kier alpha value is -4.93. The molecule has 0 bridgehead atoms. The lowest BCUT2D eigenvalue weighted by atomic mass is 10.0. The van der Waals surface area contributed by atoms with Crippen LogP contribution in [-0.2, 0) is 35.2 Å². The fourth-order valence-electron chi connectivity index (χ4n) is 3.48. The van der Waals surface area contributed by atoms with Gasteiger partial charge in [-0.2, -0.15) is 0 Å². The molecule has 0 saturated carbocycles. The predicted molar refractivity (Wildman–Crippen MR) is 144 cm³/mol. The molecule has 17 heteroatoms. The van der Waals surface area contributed by atoms with E-state index >= 15 is 0 Å². The van der Waals surface area contributed by atoms with Gasteiger partial charge in [-0.3, -0.25) is 29.0 Å². The van der Waals surface area contributed by atoms with Crippen LogP contribution in [0, 0.1) is 0 Å². The number of carboxylic acid groups (broad SMARTS) is 2. The number of hydrogen-bond donors (Lipinski definition) is 10. The van der Waals surface area contributed by atoms with Crippen molar-refractivity contribution in [2.24, 2.45) is 27.9 Å². The molecule has 4 unspecified atom stereocenters. The number of phenolic OH excluding ortho intramolecular Hbond substituents is 1. The number of nitrogens with two attached hydrogens (primary N) is 4. The molecule has 0 aromatic heterocycles. The lowest BCUT2D eigenvalue weighted by Gasteiger charge is -2.25. The van der Waals surface area contributed by atoms with Crippen LogP contribution in [0.3, 0.4) is 0 Å². The zero-order valence-electron chi connectivity index (χ0n) is 22.1. The van der Waals surface area contributed by atoms with Crippen LogP contribution in [0.1, 0.15) is 37.7 Å². The van der Waals surface area contributed by atoms with Crippen LogP contribution < -0.4 is 38.9 Å². The fraction of sp³-hybridized carbons (Fsp3) is 0.458. The lowest BCUT2D eigenvalue weighted by molar-refractivity contribution is -0.142. The Bertz CT molecular complexity index is 1120. The summed E-state index contributed by atoms with van der Waals surface area (Å²) < 4.78 is 0. The van der Waals surface area contributed by atoms with Crippen LogP contribution >= 0.6 is 0 Å². The van der Waals surface area contributed by atoms with Crippen molar-refractivity contribution in [1.29, 1.82) is 0 Å². The van der Waals surface area contributed by atoms with E-state index in [9.17, 15) is 39.0 Å². The summed E-state index contributed by atoms with van der Waals surface area (Å²) in [5.41, 5.74) is 22.0. The number of aromatic hydroxyl groups is 1. The molecule has 1 aromatic carbocycles. The number of phenols is 1. The van der Waals surface area contributed by atoms with Crippen molar-refractivity contribution < 1.29 is 44.1 Å². The van der Waals surface area contributed by atoms with E-state index in [4.69, 9.17) is 28.0 Å². The van der Waals surface area contributed by atoms with E-state index < -0.39 is 72.6 Å². The van der Waals surface area contributed by atoms with Crippen molar-refractivity contribution in [3.63, 3.8) is 0 Å². The van der Waals surface area contributed by atoms with Gasteiger partial charge in [0.1, 0.15) is 23.9 Å². The van der Waals surface area contributed by atoms with E-state index in [2.05, 4.69) is 20.9 Å². The molecule has 0 heterocycles. The number of amides is 4. The number of primary amides is 1. The van der Waals surface area contributed by atoms with Gasteiger partial charge in [0.2, 0.25) is 23.6 Å². The first-order valence-corrected chi connectivity index (χ1v) is 12.4. The first-order valence-electron chi connectivity index (χ1n) is 12.4. The van der Waals surface area contributed by atoms with Crippen molar-refractivity contribution in [2.75, 3.05) is 6.54 Å². The smallest absolute Gasteiger partial charge is 0.326 e. The Balaban J connectivity index is 3.09. The van der Waals surface area contributed by atoms with Gasteiger partial charge in [-0.15, -0.1) is 0 Å². The maximum absolute atomic E-state index is 13.1. The largest absolute Gasteiger partial charge is 0.508 e. The Morgan fingerprint density at radius 2 is 1.37 bits per heavy atom. The third-order valence-corrected chi connectivity index (χ3v) is 5.61. The van der Waals surface area contributed by atoms with Crippen LogP contribution in [-0.4, -0.2) is 87.6 Å². The molecule has 0 fully saturated rings. The van der Waals surface area contributed by atoms with Crippen molar-refractivity contribution >= 4 is 41.5 Å². The number of aliphatic imine (C=N–C) groups is 1. The summed E-state index contributed by atoms with van der Waals surface area (Å²) >= 11 is 0. The van der Waals surface area contributed by atoms with Gasteiger partial charge < -0.3 is 54.2 Å². The molecule has 4 amide bonds. The van der Waals surface area contributed by atoms with E-state index in [-0.39, 0.29) is 43.9 Å². The van der Waals surface area contributed by atoms with Crippen LogP contribution in [0.25, 0.3) is 0 Å². The molecule has 41 heavy (non-hydrogen) atoms. The molecule has 0 saturated heterocycles. The van der Waals surface area contributed by atoms with Crippen molar-refractivity contribution in [1.82, 2.24) is 16.0 Å². The van der Waals surface area contributed by atoms with Gasteiger partial charge in [-0.05, 0) is 37.0 Å². The molecule has 1 rings (SSSR count). The third kappa shape index (κ3) is 13.6. The lowest BCUT2D eigenvalue weighted by Crippen LogP contribution is -2.58. The Kier molecular flexibility index (Phi) is 14.1. The Morgan fingerprint density at radius 1 is 0.805 bits per heavy atom. The van der Waals surface area contributed by atoms with E-state index in [1.807, 2.05) is 0 Å². The van der Waals surface area contributed by atoms with Gasteiger partial charge in [-0.25, -0.2) is 4.79 Å². The fourth-order valence-corrected chi connectivity index (χ4v) is 3.48. The average Bonchev–Trinajstić information content (AvgIpc) is 2.88. The first-order chi connectivity index (χ1) is 19.2. The van der Waals surface area contributed by atoms with Gasteiger partial charge in [0.25, 0.3) is 0 Å². The van der Waals surface area contributed by atoms with Gasteiger partial charge in [0, 0.05) is 19.4 Å². The number of rotatable bonds is 18. The number of hydrogen-bond acceptors (Lipinski definition) is 9. The van der Waals surface area contributed by atoms with Gasteiger partial charge in [0.15, 0.2) is 5.96 Å². The van der Waals surface area contributed by atoms with Crippen molar-refractivity contribution in [3.05, 3.63) is 29.8 Å². The molecule has 17 nitrogen and oxygen atoms in total. The van der Waals surface area contributed by atoms with Crippen LogP contribution in [0.15, 0.2) is 29.3 Å². The molecular formula is C24H36N8O9. The second-order valence-corrected chi connectivity index (χ2v) is 9.05. The van der Waals surface area contributed by atoms with Gasteiger partial charge in [0.05, 0.1) is 12.5 Å². The molecule has 14 N–H and O–H groups in total. The summed E-state index contributed by atoms with van der Waals surface area (Å²) in [4.78, 5) is 76.5. The van der Waals surface area contributed by atoms with E-state index in [1.54, 1.807) is 0 Å². The van der Waals surface area contributed by atoms with E-state index in [0.717, 1.165) is 0 Å². The number of carboxylic acids is 2. The number of aliphatic carboxylic acids is 2. The van der Waals surface area contributed by atoms with Crippen molar-refractivity contribution in [3.8, 4) is 5.75 Å². The molecule has 0 radical (unpaired) electrons. The summed E-state index contributed by atoms with van der Waals surface area (Å²) in [6.07, 6.45) is -1.41. The molecule has 226 valence electrons. The minimum absolute atomic E-state index is 0.0336. The van der Waals surface area contributed by atoms with Crippen LogP contribution in [0.4, 0.5) is 0 Å². The van der Waals surface area contributed by atoms with E-state index in [1.165, 1.54) is 24.3 Å². The highest BCUT2D eigenvalue weighted by Crippen LogP contribution is 2.12. The predicted octanol–water partition coefficient (Wildman–Crippen LogP) is -3.41. The number of nitrogens with zero attached hydrogens (tertiary/aromatic N) is 1. The van der Waals surface area contributed by atoms with Crippen LogP contribution in [0.2, 0.25) is 0 Å². The summed E-state index contributed by atoms with van der Waals surface area (Å²) in [5, 5.41) is 34.8. The number of nitrogens with one attached hydrogen (secondary N) is 3. The summed E-state index contributed by atoms with van der Waals surface area (Å²) in [5.74, 6) is -6.61. The zero-order chi connectivity index (χ0) is 31.1. The van der Waals surface area contributed by atoms with Crippen LogP contribution in [0.5, 0.6) is 5.75 Å². The Labute approximate surface area is 234 Å². The highest BCUT2D eigenvalue weighted by atomic mass is 16.4. The number of benzene rings is 1. The minimum atomic E-state index is -1.57. The van der Waals surface area contributed by atoms with Crippen molar-refractivity contribution in [2.45, 2.75) is 62.7 Å².